The van der Waals surface area contributed by atoms with Gasteiger partial charge in [0.15, 0.2) is 11.6 Å². The molecule has 0 saturated heterocycles. The molecule has 3 N–H and O–H groups in total. The summed E-state index contributed by atoms with van der Waals surface area (Å²) in [6, 6.07) is 6.57. The molecule has 112 valence electrons. The Labute approximate surface area is 121 Å². The highest BCUT2D eigenvalue weighted by molar-refractivity contribution is 7.92. The molecule has 0 saturated carbocycles. The van der Waals surface area contributed by atoms with E-state index in [0.29, 0.717) is 0 Å². The number of anilines is 1. The first-order valence-electron chi connectivity index (χ1n) is 5.98. The van der Waals surface area contributed by atoms with Crippen molar-refractivity contribution in [2.45, 2.75) is 11.4 Å². The predicted molar refractivity (Wildman–Crippen MR) is 75.9 cm³/mol. The molecule has 1 aromatic carbocycles. The van der Waals surface area contributed by atoms with Crippen molar-refractivity contribution in [1.29, 1.82) is 0 Å². The zero-order valence-electron chi connectivity index (χ0n) is 11.2. The lowest BCUT2D eigenvalue weighted by molar-refractivity contribution is 0.387. The number of nitrogens with zero attached hydrogens (tertiary/aromatic N) is 1. The van der Waals surface area contributed by atoms with Gasteiger partial charge in [-0.1, -0.05) is 0 Å². The van der Waals surface area contributed by atoms with Crippen LogP contribution in [0.15, 0.2) is 41.4 Å². The van der Waals surface area contributed by atoms with Gasteiger partial charge in [-0.05, 0) is 24.3 Å². The first kappa shape index (κ1) is 15.2. The van der Waals surface area contributed by atoms with E-state index >= 15 is 0 Å². The third kappa shape index (κ3) is 3.29. The molecular weight excluding hydrogens is 297 g/mol. The summed E-state index contributed by atoms with van der Waals surface area (Å²) in [5.41, 5.74) is 5.91. The molecule has 1 heterocycles. The maximum atomic E-state index is 13.3. The van der Waals surface area contributed by atoms with Crippen molar-refractivity contribution < 1.29 is 17.5 Å². The van der Waals surface area contributed by atoms with E-state index in [0.717, 1.165) is 6.07 Å². The first-order chi connectivity index (χ1) is 9.97. The highest BCUT2D eigenvalue weighted by atomic mass is 32.2. The molecule has 0 aliphatic heterocycles. The summed E-state index contributed by atoms with van der Waals surface area (Å²) in [5, 5.41) is 0. The van der Waals surface area contributed by atoms with Crippen molar-refractivity contribution in [3.8, 4) is 5.75 Å². The molecule has 21 heavy (non-hydrogen) atoms. The highest BCUT2D eigenvalue weighted by Crippen LogP contribution is 2.24. The maximum absolute atomic E-state index is 13.3. The zero-order chi connectivity index (χ0) is 15.5. The summed E-state index contributed by atoms with van der Waals surface area (Å²) in [5.74, 6) is -0.634. The van der Waals surface area contributed by atoms with Crippen molar-refractivity contribution in [2.75, 3.05) is 11.8 Å². The minimum absolute atomic E-state index is 0.0101. The number of nitrogens with two attached hydrogens (primary N) is 1. The third-order valence-corrected chi connectivity index (χ3v) is 4.19. The molecule has 0 aliphatic rings. The summed E-state index contributed by atoms with van der Waals surface area (Å²) in [4.78, 5) is 3.91. The summed E-state index contributed by atoms with van der Waals surface area (Å²) in [7, 11) is -2.57. The number of halogens is 1. The minimum Gasteiger partial charge on any atom is -0.494 e. The summed E-state index contributed by atoms with van der Waals surface area (Å²) in [6.45, 7) is -0.0101. The van der Waals surface area contributed by atoms with Crippen molar-refractivity contribution in [2.24, 2.45) is 5.73 Å². The van der Waals surface area contributed by atoms with Crippen molar-refractivity contribution >= 4 is 15.7 Å². The van der Waals surface area contributed by atoms with Crippen LogP contribution in [-0.2, 0) is 16.6 Å². The molecule has 0 amide bonds. The van der Waals surface area contributed by atoms with Gasteiger partial charge in [0.1, 0.15) is 4.90 Å². The minimum atomic E-state index is -3.86. The molecule has 0 spiro atoms. The van der Waals surface area contributed by atoms with Crippen LogP contribution < -0.4 is 15.2 Å². The molecular formula is C13H14FN3O3S. The average Bonchev–Trinajstić information content (AvgIpc) is 2.49. The van der Waals surface area contributed by atoms with E-state index in [-0.39, 0.29) is 28.6 Å². The zero-order valence-corrected chi connectivity index (χ0v) is 12.0. The van der Waals surface area contributed by atoms with Gasteiger partial charge in [-0.15, -0.1) is 0 Å². The van der Waals surface area contributed by atoms with Crippen molar-refractivity contribution in [3.63, 3.8) is 0 Å². The second-order valence-electron chi connectivity index (χ2n) is 4.11. The fourth-order valence-corrected chi connectivity index (χ4v) is 3.01. The Hall–Kier alpha value is -2.19. The number of methoxy groups -OCH3 is 1. The van der Waals surface area contributed by atoms with Gasteiger partial charge in [-0.2, -0.15) is 0 Å². The monoisotopic (exact) mass is 311 g/mol. The molecule has 2 aromatic rings. The SMILES string of the molecule is COc1cc(NS(=O)(=O)c2cccnc2CN)ccc1F. The third-order valence-electron chi connectivity index (χ3n) is 2.73. The Kier molecular flexibility index (Phi) is 4.39. The summed E-state index contributed by atoms with van der Waals surface area (Å²) < 4.78 is 45.1. The Morgan fingerprint density at radius 2 is 2.14 bits per heavy atom. The smallest absolute Gasteiger partial charge is 0.263 e. The fourth-order valence-electron chi connectivity index (χ4n) is 1.75. The average molecular weight is 311 g/mol. The van der Waals surface area contributed by atoms with E-state index in [4.69, 9.17) is 10.5 Å². The van der Waals surface area contributed by atoms with Crippen LogP contribution in [-0.4, -0.2) is 20.5 Å². The Balaban J connectivity index is 2.37. The number of nitrogens with one attached hydrogen (secondary N) is 1. The standard InChI is InChI=1S/C13H14FN3O3S/c1-20-12-7-9(4-5-10(12)14)17-21(18,19)13-3-2-6-16-11(13)8-15/h2-7,17H,8,15H2,1H3. The number of hydrogen-bond acceptors (Lipinski definition) is 5. The molecule has 0 radical (unpaired) electrons. The van der Waals surface area contributed by atoms with Gasteiger partial charge in [0, 0.05) is 18.8 Å². The van der Waals surface area contributed by atoms with Gasteiger partial charge in [-0.25, -0.2) is 12.8 Å². The van der Waals surface area contributed by atoms with Gasteiger partial charge in [0.25, 0.3) is 10.0 Å². The number of rotatable bonds is 5. The molecule has 0 bridgehead atoms. The number of ether oxygens (including phenoxy) is 1. The first-order valence-corrected chi connectivity index (χ1v) is 7.46. The van der Waals surface area contributed by atoms with Crippen molar-refractivity contribution in [3.05, 3.63) is 48.0 Å². The van der Waals surface area contributed by atoms with Crippen molar-refractivity contribution in [1.82, 2.24) is 4.98 Å². The highest BCUT2D eigenvalue weighted by Gasteiger charge is 2.19. The summed E-state index contributed by atoms with van der Waals surface area (Å²) in [6.07, 6.45) is 1.46. The van der Waals surface area contributed by atoms with E-state index in [9.17, 15) is 12.8 Å². The van der Waals surface area contributed by atoms with Gasteiger partial charge in [0.05, 0.1) is 18.5 Å². The van der Waals surface area contributed by atoms with E-state index in [1.807, 2.05) is 0 Å². The second kappa shape index (κ2) is 6.06. The molecule has 8 heteroatoms. The van der Waals surface area contributed by atoms with Gasteiger partial charge in [0.2, 0.25) is 0 Å². The fraction of sp³-hybridized carbons (Fsp3) is 0.154. The number of pyridine rings is 1. The van der Waals surface area contributed by atoms with E-state index < -0.39 is 15.8 Å². The lowest BCUT2D eigenvalue weighted by Crippen LogP contribution is -2.17. The van der Waals surface area contributed by atoms with Crippen LogP contribution in [0.25, 0.3) is 0 Å². The lowest BCUT2D eigenvalue weighted by Gasteiger charge is -2.11. The van der Waals surface area contributed by atoms with Crippen LogP contribution in [0.5, 0.6) is 5.75 Å². The van der Waals surface area contributed by atoms with E-state index in [2.05, 4.69) is 9.71 Å². The van der Waals surface area contributed by atoms with Gasteiger partial charge < -0.3 is 10.5 Å². The van der Waals surface area contributed by atoms with Crippen LogP contribution in [0, 0.1) is 5.82 Å². The van der Waals surface area contributed by atoms with Crippen LogP contribution >= 0.6 is 0 Å². The molecule has 0 atom stereocenters. The van der Waals surface area contributed by atoms with Crippen LogP contribution in [0.3, 0.4) is 0 Å². The quantitative estimate of drug-likeness (QED) is 0.872. The topological polar surface area (TPSA) is 94.3 Å². The predicted octanol–water partition coefficient (Wildman–Crippen LogP) is 1.49. The number of aromatic nitrogens is 1. The van der Waals surface area contributed by atoms with E-state index in [1.165, 1.54) is 37.6 Å². The number of benzene rings is 1. The second-order valence-corrected chi connectivity index (χ2v) is 5.76. The molecule has 1 aromatic heterocycles. The van der Waals surface area contributed by atoms with E-state index in [1.54, 1.807) is 0 Å². The van der Waals surface area contributed by atoms with Crippen LogP contribution in [0.1, 0.15) is 5.69 Å². The maximum Gasteiger partial charge on any atom is 0.263 e. The molecule has 2 rings (SSSR count). The molecule has 0 unspecified atom stereocenters. The molecule has 0 fully saturated rings. The van der Waals surface area contributed by atoms with Crippen LogP contribution in [0.4, 0.5) is 10.1 Å². The Bertz CT molecular complexity index is 750. The van der Waals surface area contributed by atoms with Gasteiger partial charge in [-0.3, -0.25) is 9.71 Å². The molecule has 0 aliphatic carbocycles. The number of hydrogen-bond donors (Lipinski definition) is 2. The van der Waals surface area contributed by atoms with Crippen LogP contribution in [0.2, 0.25) is 0 Å². The Morgan fingerprint density at radius 1 is 1.38 bits per heavy atom. The molecule has 6 nitrogen and oxygen atoms in total. The van der Waals surface area contributed by atoms with Gasteiger partial charge >= 0.3 is 0 Å². The normalized spacial score (nSPS) is 11.2. The number of sulfonamides is 1. The summed E-state index contributed by atoms with van der Waals surface area (Å²) >= 11 is 0. The lowest BCUT2D eigenvalue weighted by atomic mass is 10.3. The largest absolute Gasteiger partial charge is 0.494 e. The Morgan fingerprint density at radius 3 is 2.81 bits per heavy atom.